The number of hydrogen-bond donors (Lipinski definition) is 1. The van der Waals surface area contributed by atoms with Crippen molar-refractivity contribution in [1.82, 2.24) is 10.2 Å². The molecule has 1 N–H and O–H groups in total. The zero-order valence-electron chi connectivity index (χ0n) is 14.2. The molecule has 1 aliphatic rings. The van der Waals surface area contributed by atoms with E-state index in [2.05, 4.69) is 5.32 Å². The second kappa shape index (κ2) is 8.33. The Morgan fingerprint density at radius 1 is 1.27 bits per heavy atom. The van der Waals surface area contributed by atoms with Gasteiger partial charge in [0, 0.05) is 25.6 Å². The lowest BCUT2D eigenvalue weighted by Gasteiger charge is -2.14. The molecule has 2 aromatic rings. The highest BCUT2D eigenvalue weighted by atomic mass is 32.2. The number of amides is 2. The fourth-order valence-electron chi connectivity index (χ4n) is 2.51. The van der Waals surface area contributed by atoms with E-state index in [1.54, 1.807) is 11.0 Å². The Morgan fingerprint density at radius 2 is 2.04 bits per heavy atom. The molecule has 5 nitrogen and oxygen atoms in total. The van der Waals surface area contributed by atoms with Crippen molar-refractivity contribution in [2.75, 3.05) is 13.1 Å². The number of thioether (sulfide) groups is 1. The number of thiocarbonyl (C=S) groups is 1. The zero-order valence-corrected chi connectivity index (χ0v) is 15.9. The Balaban J connectivity index is 1.66. The largest absolute Gasteiger partial charge is 0.457 e. The topological polar surface area (TPSA) is 62.6 Å². The van der Waals surface area contributed by atoms with Gasteiger partial charge in [0.15, 0.2) is 0 Å². The van der Waals surface area contributed by atoms with E-state index in [0.717, 1.165) is 23.1 Å². The van der Waals surface area contributed by atoms with Crippen LogP contribution in [-0.4, -0.2) is 34.1 Å². The predicted molar refractivity (Wildman–Crippen MR) is 108 cm³/mol. The van der Waals surface area contributed by atoms with Crippen molar-refractivity contribution in [3.05, 3.63) is 53.1 Å². The molecule has 1 aromatic carbocycles. The van der Waals surface area contributed by atoms with E-state index < -0.39 is 0 Å². The monoisotopic (exact) mass is 386 g/mol. The van der Waals surface area contributed by atoms with E-state index in [1.165, 1.54) is 6.92 Å². The Hall–Kier alpha value is -2.38. The molecule has 0 saturated carbocycles. The number of carbonyl (C=O) groups excluding carboxylic acids is 2. The minimum atomic E-state index is -0.0982. The first-order valence-corrected chi connectivity index (χ1v) is 9.42. The van der Waals surface area contributed by atoms with Crippen LogP contribution in [0.15, 0.2) is 51.8 Å². The molecule has 3 rings (SSSR count). The Morgan fingerprint density at radius 3 is 2.77 bits per heavy atom. The number of rotatable bonds is 6. The fraction of sp³-hybridized carbons (Fsp3) is 0.211. The first-order valence-electron chi connectivity index (χ1n) is 8.19. The van der Waals surface area contributed by atoms with Crippen LogP contribution in [-0.2, 0) is 4.79 Å². The van der Waals surface area contributed by atoms with Gasteiger partial charge in [-0.25, -0.2) is 0 Å². The van der Waals surface area contributed by atoms with E-state index in [1.807, 2.05) is 42.5 Å². The highest BCUT2D eigenvalue weighted by Crippen LogP contribution is 2.34. The average Bonchev–Trinajstić information content (AvgIpc) is 3.19. The van der Waals surface area contributed by atoms with E-state index in [-0.39, 0.29) is 11.1 Å². The molecule has 0 bridgehead atoms. The summed E-state index contributed by atoms with van der Waals surface area (Å²) < 4.78 is 5.85. The lowest BCUT2D eigenvalue weighted by atomic mass is 10.2. The number of nitrogens with zero attached hydrogens (tertiary/aromatic N) is 1. The summed E-state index contributed by atoms with van der Waals surface area (Å²) in [5.41, 5.74) is 0.995. The molecule has 1 fully saturated rings. The van der Waals surface area contributed by atoms with Crippen LogP contribution in [0, 0.1) is 0 Å². The molecule has 1 saturated heterocycles. The molecule has 0 atom stereocenters. The quantitative estimate of drug-likeness (QED) is 0.455. The zero-order chi connectivity index (χ0) is 18.5. The van der Waals surface area contributed by atoms with Crippen LogP contribution in [0.4, 0.5) is 4.79 Å². The maximum Gasteiger partial charge on any atom is 0.291 e. The van der Waals surface area contributed by atoms with Gasteiger partial charge in [-0.2, -0.15) is 0 Å². The van der Waals surface area contributed by atoms with Gasteiger partial charge in [-0.1, -0.05) is 42.5 Å². The van der Waals surface area contributed by atoms with Gasteiger partial charge in [-0.15, -0.1) is 0 Å². The van der Waals surface area contributed by atoms with Crippen LogP contribution in [0.2, 0.25) is 0 Å². The third-order valence-corrected chi connectivity index (χ3v) is 5.26. The standard InChI is InChI=1S/C19H18N2O3S2/c1-13(22)20-10-5-11-21-18(25)17(26-19(21)23)12-15-8-9-16(24-15)14-6-3-2-4-7-14/h2-4,6-9,12H,5,10-11H2,1H3,(H,20,22)/b17-12-. The fourth-order valence-corrected chi connectivity index (χ4v) is 3.78. The van der Waals surface area contributed by atoms with Crippen molar-refractivity contribution in [2.45, 2.75) is 13.3 Å². The molecule has 0 unspecified atom stereocenters. The summed E-state index contributed by atoms with van der Waals surface area (Å²) in [4.78, 5) is 25.8. The number of hydrogen-bond acceptors (Lipinski definition) is 5. The predicted octanol–water partition coefficient (Wildman–Crippen LogP) is 4.31. The van der Waals surface area contributed by atoms with Crippen LogP contribution in [0.25, 0.3) is 17.4 Å². The lowest BCUT2D eigenvalue weighted by Crippen LogP contribution is -2.31. The average molecular weight is 386 g/mol. The molecule has 0 aliphatic carbocycles. The minimum absolute atomic E-state index is 0.0812. The maximum absolute atomic E-state index is 12.2. The van der Waals surface area contributed by atoms with E-state index in [9.17, 15) is 9.59 Å². The molecule has 7 heteroatoms. The summed E-state index contributed by atoms with van der Waals surface area (Å²) in [5, 5.41) is 2.61. The van der Waals surface area contributed by atoms with Crippen LogP contribution in [0.5, 0.6) is 0 Å². The summed E-state index contributed by atoms with van der Waals surface area (Å²) in [6.45, 7) is 2.47. The number of benzene rings is 1. The minimum Gasteiger partial charge on any atom is -0.457 e. The summed E-state index contributed by atoms with van der Waals surface area (Å²) in [6, 6.07) is 13.6. The molecular weight excluding hydrogens is 368 g/mol. The highest BCUT2D eigenvalue weighted by molar-refractivity contribution is 8.19. The highest BCUT2D eigenvalue weighted by Gasteiger charge is 2.31. The second-order valence-corrected chi connectivity index (χ2v) is 7.12. The first kappa shape index (κ1) is 18.4. The molecule has 0 spiro atoms. The van der Waals surface area contributed by atoms with Crippen molar-refractivity contribution < 1.29 is 14.0 Å². The van der Waals surface area contributed by atoms with Gasteiger partial charge in [0.05, 0.1) is 4.91 Å². The number of furan rings is 1. The SMILES string of the molecule is CC(=O)NCCCN1C(=O)S/C(=C\c2ccc(-c3ccccc3)o2)C1=S. The lowest BCUT2D eigenvalue weighted by molar-refractivity contribution is -0.118. The summed E-state index contributed by atoms with van der Waals surface area (Å²) in [6.07, 6.45) is 2.45. The van der Waals surface area contributed by atoms with Crippen LogP contribution in [0.1, 0.15) is 19.1 Å². The van der Waals surface area contributed by atoms with Gasteiger partial charge in [-0.05, 0) is 36.4 Å². The van der Waals surface area contributed by atoms with Crippen molar-refractivity contribution in [3.63, 3.8) is 0 Å². The van der Waals surface area contributed by atoms with Crippen LogP contribution in [0.3, 0.4) is 0 Å². The maximum atomic E-state index is 12.2. The number of nitrogens with one attached hydrogen (secondary N) is 1. The molecule has 1 aromatic heterocycles. The van der Waals surface area contributed by atoms with Gasteiger partial charge in [-0.3, -0.25) is 14.5 Å². The Labute approximate surface area is 161 Å². The first-order chi connectivity index (χ1) is 12.5. The van der Waals surface area contributed by atoms with Crippen LogP contribution < -0.4 is 5.32 Å². The Kier molecular flexibility index (Phi) is 5.90. The third kappa shape index (κ3) is 4.42. The summed E-state index contributed by atoms with van der Waals surface area (Å²) >= 11 is 6.53. The van der Waals surface area contributed by atoms with Gasteiger partial charge in [0.2, 0.25) is 5.91 Å². The molecule has 0 radical (unpaired) electrons. The second-order valence-electron chi connectivity index (χ2n) is 5.74. The summed E-state index contributed by atoms with van der Waals surface area (Å²) in [5.74, 6) is 1.34. The normalized spacial score (nSPS) is 15.7. The molecule has 1 aliphatic heterocycles. The van der Waals surface area contributed by atoms with E-state index in [0.29, 0.717) is 35.2 Å². The van der Waals surface area contributed by atoms with Crippen molar-refractivity contribution in [1.29, 1.82) is 0 Å². The number of carbonyl (C=O) groups is 2. The molecule has 2 heterocycles. The molecule has 2 amide bonds. The van der Waals surface area contributed by atoms with Crippen LogP contribution >= 0.6 is 24.0 Å². The summed E-state index contributed by atoms with van der Waals surface area (Å²) in [7, 11) is 0. The van der Waals surface area contributed by atoms with Gasteiger partial charge in [0.25, 0.3) is 5.24 Å². The van der Waals surface area contributed by atoms with Gasteiger partial charge in [0.1, 0.15) is 16.5 Å². The van der Waals surface area contributed by atoms with Gasteiger partial charge < -0.3 is 9.73 Å². The smallest absolute Gasteiger partial charge is 0.291 e. The molecular formula is C19H18N2O3S2. The van der Waals surface area contributed by atoms with Crippen molar-refractivity contribution in [2.24, 2.45) is 0 Å². The van der Waals surface area contributed by atoms with Crippen molar-refractivity contribution >= 4 is 46.2 Å². The Bertz CT molecular complexity index is 859. The third-order valence-electron chi connectivity index (χ3n) is 3.76. The van der Waals surface area contributed by atoms with E-state index >= 15 is 0 Å². The molecule has 26 heavy (non-hydrogen) atoms. The molecule has 134 valence electrons. The van der Waals surface area contributed by atoms with Gasteiger partial charge >= 0.3 is 0 Å². The van der Waals surface area contributed by atoms with E-state index in [4.69, 9.17) is 16.6 Å². The van der Waals surface area contributed by atoms with Crippen molar-refractivity contribution in [3.8, 4) is 11.3 Å².